The van der Waals surface area contributed by atoms with E-state index in [2.05, 4.69) is 31.0 Å². The van der Waals surface area contributed by atoms with Gasteiger partial charge in [-0.25, -0.2) is 0 Å². The SMILES string of the molecule is COc1c2c(cc3c1[C@H](CC(=O)[C@@H]1CC=C(C)CC1)N(C)CC3)OCO2. The summed E-state index contributed by atoms with van der Waals surface area (Å²) in [5, 5.41) is 0. The van der Waals surface area contributed by atoms with Crippen molar-refractivity contribution in [1.82, 2.24) is 4.90 Å². The summed E-state index contributed by atoms with van der Waals surface area (Å²) in [6.07, 6.45) is 6.57. The molecule has 0 unspecified atom stereocenters. The molecule has 0 amide bonds. The van der Waals surface area contributed by atoms with E-state index in [4.69, 9.17) is 14.2 Å². The number of benzene rings is 1. The van der Waals surface area contributed by atoms with Gasteiger partial charge in [-0.3, -0.25) is 9.69 Å². The van der Waals surface area contributed by atoms with Gasteiger partial charge in [-0.05, 0) is 51.3 Å². The maximum absolute atomic E-state index is 13.0. The van der Waals surface area contributed by atoms with Crippen LogP contribution in [0.3, 0.4) is 0 Å². The number of hydrogen-bond donors (Lipinski definition) is 0. The minimum atomic E-state index is 0.0303. The number of rotatable bonds is 4. The first-order valence-corrected chi connectivity index (χ1v) is 9.46. The van der Waals surface area contributed by atoms with Crippen molar-refractivity contribution in [2.24, 2.45) is 5.92 Å². The molecule has 3 aliphatic rings. The number of fused-ring (bicyclic) bond motifs is 2. The van der Waals surface area contributed by atoms with Crippen LogP contribution in [0.4, 0.5) is 0 Å². The van der Waals surface area contributed by atoms with Crippen LogP contribution in [0, 0.1) is 5.92 Å². The summed E-state index contributed by atoms with van der Waals surface area (Å²) >= 11 is 0. The third kappa shape index (κ3) is 2.98. The minimum Gasteiger partial charge on any atom is -0.492 e. The fraction of sp³-hybridized carbons (Fsp3) is 0.571. The first-order valence-electron chi connectivity index (χ1n) is 9.46. The van der Waals surface area contributed by atoms with Gasteiger partial charge >= 0.3 is 0 Å². The van der Waals surface area contributed by atoms with Gasteiger partial charge in [0.1, 0.15) is 5.78 Å². The molecule has 2 heterocycles. The van der Waals surface area contributed by atoms with E-state index in [1.54, 1.807) is 7.11 Å². The molecule has 26 heavy (non-hydrogen) atoms. The number of ketones is 1. The maximum atomic E-state index is 13.0. The van der Waals surface area contributed by atoms with Gasteiger partial charge in [0.05, 0.1) is 7.11 Å². The van der Waals surface area contributed by atoms with Crippen LogP contribution in [-0.2, 0) is 11.2 Å². The number of nitrogens with zero attached hydrogens (tertiary/aromatic N) is 1. The Morgan fingerprint density at radius 3 is 2.92 bits per heavy atom. The van der Waals surface area contributed by atoms with Gasteiger partial charge in [-0.2, -0.15) is 0 Å². The van der Waals surface area contributed by atoms with Gasteiger partial charge in [-0.1, -0.05) is 11.6 Å². The number of hydrogen-bond acceptors (Lipinski definition) is 5. The van der Waals surface area contributed by atoms with E-state index in [-0.39, 0.29) is 18.8 Å². The van der Waals surface area contributed by atoms with Crippen LogP contribution in [-0.4, -0.2) is 38.2 Å². The first kappa shape index (κ1) is 17.4. The number of Topliss-reactive ketones (excluding diaryl/α,β-unsaturated/α-hetero) is 1. The van der Waals surface area contributed by atoms with Gasteiger partial charge in [0.2, 0.25) is 12.5 Å². The van der Waals surface area contributed by atoms with E-state index in [0.717, 1.165) is 49.3 Å². The Labute approximate surface area is 154 Å². The molecule has 1 aromatic carbocycles. The lowest BCUT2D eigenvalue weighted by Crippen LogP contribution is -2.35. The van der Waals surface area contributed by atoms with Gasteiger partial charge in [0.25, 0.3) is 0 Å². The van der Waals surface area contributed by atoms with Crippen LogP contribution >= 0.6 is 0 Å². The van der Waals surface area contributed by atoms with Crippen LogP contribution in [0.5, 0.6) is 17.2 Å². The molecule has 0 N–H and O–H groups in total. The van der Waals surface area contributed by atoms with E-state index in [1.807, 2.05) is 0 Å². The Bertz CT molecular complexity index is 755. The zero-order valence-electron chi connectivity index (χ0n) is 15.8. The van der Waals surface area contributed by atoms with Gasteiger partial charge in [-0.15, -0.1) is 0 Å². The van der Waals surface area contributed by atoms with Crippen molar-refractivity contribution < 1.29 is 19.0 Å². The molecule has 2 aliphatic heterocycles. The summed E-state index contributed by atoms with van der Waals surface area (Å²) in [5.41, 5.74) is 3.71. The molecule has 0 fully saturated rings. The molecule has 0 aromatic heterocycles. The lowest BCUT2D eigenvalue weighted by Gasteiger charge is -2.36. The summed E-state index contributed by atoms with van der Waals surface area (Å²) < 4.78 is 16.9. The second kappa shape index (κ2) is 6.95. The highest BCUT2D eigenvalue weighted by Crippen LogP contribution is 2.50. The molecule has 5 nitrogen and oxygen atoms in total. The number of methoxy groups -OCH3 is 1. The largest absolute Gasteiger partial charge is 0.492 e. The summed E-state index contributed by atoms with van der Waals surface area (Å²) in [7, 11) is 3.76. The first-order chi connectivity index (χ1) is 12.6. The lowest BCUT2D eigenvalue weighted by molar-refractivity contribution is -0.124. The number of carbonyl (C=O) groups excluding carboxylic acids is 1. The average Bonchev–Trinajstić information content (AvgIpc) is 3.11. The quantitative estimate of drug-likeness (QED) is 0.770. The van der Waals surface area contributed by atoms with Gasteiger partial charge < -0.3 is 14.2 Å². The summed E-state index contributed by atoms with van der Waals surface area (Å²) in [6, 6.07) is 2.10. The third-order valence-corrected chi connectivity index (χ3v) is 6.03. The molecule has 0 spiro atoms. The second-order valence-corrected chi connectivity index (χ2v) is 7.66. The van der Waals surface area contributed by atoms with Crippen LogP contribution < -0.4 is 14.2 Å². The van der Waals surface area contributed by atoms with Crippen LogP contribution in [0.15, 0.2) is 17.7 Å². The van der Waals surface area contributed by atoms with Gasteiger partial charge in [0.15, 0.2) is 11.5 Å². The molecule has 1 aromatic rings. The van der Waals surface area contributed by atoms with E-state index < -0.39 is 0 Å². The standard InChI is InChI=1S/C21H27NO4/c1-13-4-6-14(7-5-13)17(23)11-16-19-15(8-9-22(16)2)10-18-20(21(19)24-3)26-12-25-18/h4,10,14,16H,5-9,11-12H2,1-3H3/t14-,16+/m1/s1. The molecule has 0 bridgehead atoms. The number of ether oxygens (including phenoxy) is 3. The molecule has 0 saturated heterocycles. The minimum absolute atomic E-state index is 0.0303. The predicted molar refractivity (Wildman–Crippen MR) is 98.9 cm³/mol. The van der Waals surface area contributed by atoms with Crippen molar-refractivity contribution in [2.45, 2.75) is 45.1 Å². The third-order valence-electron chi connectivity index (χ3n) is 6.03. The van der Waals surface area contributed by atoms with Gasteiger partial charge in [0, 0.05) is 30.5 Å². The average molecular weight is 357 g/mol. The molecule has 2 atom stereocenters. The fourth-order valence-electron chi connectivity index (χ4n) is 4.40. The van der Waals surface area contributed by atoms with Crippen molar-refractivity contribution in [3.8, 4) is 17.2 Å². The van der Waals surface area contributed by atoms with Crippen LogP contribution in [0.25, 0.3) is 0 Å². The number of carbonyl (C=O) groups is 1. The number of likely N-dealkylation sites (N-methyl/N-ethyl adjacent to an activating group) is 1. The molecule has 4 rings (SSSR count). The van der Waals surface area contributed by atoms with Crippen molar-refractivity contribution >= 4 is 5.78 Å². The van der Waals surface area contributed by atoms with E-state index >= 15 is 0 Å². The Morgan fingerprint density at radius 1 is 1.35 bits per heavy atom. The topological polar surface area (TPSA) is 48.0 Å². The molecule has 0 saturated carbocycles. The van der Waals surface area contributed by atoms with Crippen molar-refractivity contribution in [2.75, 3.05) is 27.5 Å². The monoisotopic (exact) mass is 357 g/mol. The van der Waals surface area contributed by atoms with E-state index in [9.17, 15) is 4.79 Å². The highest BCUT2D eigenvalue weighted by molar-refractivity contribution is 5.82. The van der Waals surface area contributed by atoms with E-state index in [0.29, 0.717) is 18.0 Å². The Balaban J connectivity index is 1.64. The maximum Gasteiger partial charge on any atom is 0.231 e. The molecule has 0 radical (unpaired) electrons. The van der Waals surface area contributed by atoms with Crippen LogP contribution in [0.1, 0.15) is 49.8 Å². The molecule has 5 heteroatoms. The Hall–Kier alpha value is -2.01. The van der Waals surface area contributed by atoms with Crippen LogP contribution in [0.2, 0.25) is 0 Å². The Morgan fingerprint density at radius 2 is 2.19 bits per heavy atom. The predicted octanol–water partition coefficient (Wildman–Crippen LogP) is 3.66. The molecular weight excluding hydrogens is 330 g/mol. The van der Waals surface area contributed by atoms with E-state index in [1.165, 1.54) is 11.1 Å². The second-order valence-electron chi connectivity index (χ2n) is 7.66. The highest BCUT2D eigenvalue weighted by atomic mass is 16.7. The molecule has 1 aliphatic carbocycles. The Kier molecular flexibility index (Phi) is 4.65. The number of allylic oxidation sites excluding steroid dienone is 2. The van der Waals surface area contributed by atoms with Crippen molar-refractivity contribution in [1.29, 1.82) is 0 Å². The zero-order chi connectivity index (χ0) is 18.3. The van der Waals surface area contributed by atoms with Crippen molar-refractivity contribution in [3.63, 3.8) is 0 Å². The smallest absolute Gasteiger partial charge is 0.231 e. The fourth-order valence-corrected chi connectivity index (χ4v) is 4.40. The molecule has 140 valence electrons. The summed E-state index contributed by atoms with van der Waals surface area (Å²) in [5.74, 6) is 2.67. The highest BCUT2D eigenvalue weighted by Gasteiger charge is 2.36. The lowest BCUT2D eigenvalue weighted by atomic mass is 9.82. The normalized spacial score (nSPS) is 24.8. The van der Waals surface area contributed by atoms with Crippen molar-refractivity contribution in [3.05, 3.63) is 28.8 Å². The summed E-state index contributed by atoms with van der Waals surface area (Å²) in [6.45, 7) is 3.30. The molecular formula is C21H27NO4. The summed E-state index contributed by atoms with van der Waals surface area (Å²) in [4.78, 5) is 15.3. The zero-order valence-corrected chi connectivity index (χ0v) is 15.8.